The van der Waals surface area contributed by atoms with Gasteiger partial charge < -0.3 is 34.3 Å². The molecule has 6 atom stereocenters. The third kappa shape index (κ3) is 32.1. The van der Waals surface area contributed by atoms with Crippen LogP contribution in [0.4, 0.5) is 0 Å². The zero-order chi connectivity index (χ0) is 43.4. The fourth-order valence-electron chi connectivity index (χ4n) is 7.68. The number of carbonyl (C=O) groups is 2. The van der Waals surface area contributed by atoms with Crippen molar-refractivity contribution in [3.05, 3.63) is 0 Å². The molecule has 1 rings (SSSR count). The van der Waals surface area contributed by atoms with E-state index in [4.69, 9.17) is 18.9 Å². The minimum atomic E-state index is -4.60. The molecule has 0 aliphatic carbocycles. The molecule has 0 aromatic carbocycles. The number of carbonyl (C=O) groups excluding carboxylic acids is 2. The molecule has 350 valence electrons. The maximum absolute atomic E-state index is 12.8. The molecule has 0 saturated carbocycles. The average molecular weight is 865 g/mol. The number of hydrogen-bond acceptors (Lipinski definition) is 11. The Morgan fingerprint density at radius 2 is 0.864 bits per heavy atom. The van der Waals surface area contributed by atoms with Gasteiger partial charge in [0.1, 0.15) is 36.8 Å². The monoisotopic (exact) mass is 865 g/mol. The summed E-state index contributed by atoms with van der Waals surface area (Å²) in [7, 11) is -4.60. The first kappa shape index (κ1) is 55.7. The topological polar surface area (TPSA) is 186 Å². The van der Waals surface area contributed by atoms with Gasteiger partial charge in [0.2, 0.25) is 0 Å². The smallest absolute Gasteiger partial charge is 0.306 e. The van der Waals surface area contributed by atoms with Crippen molar-refractivity contribution in [1.82, 2.24) is 0 Å². The molecule has 4 N–H and O–H groups in total. The molecule has 0 spiro atoms. The Labute approximate surface area is 359 Å². The Bertz CT molecular complexity index is 1110. The highest BCUT2D eigenvalue weighted by Crippen LogP contribution is 2.24. The van der Waals surface area contributed by atoms with Gasteiger partial charge in [-0.3, -0.25) is 14.1 Å². The standard InChI is InChI=1S/C46H88O12S/c1-3-5-7-9-11-13-15-17-18-19-20-21-23-25-27-29-31-33-35-42(48)57-39(37-56-46-45(51)44(50)43(49)40(58-46)38-59(52,53)54)36-55-41(47)34-32-30-28-26-24-22-16-14-12-10-8-6-4-2/h39-40,43-46,49-51H,3-38H2,1-2H3,(H,52,53,54)/t39-,40-,43-,44?,45?,46+/m1/s1. The fourth-order valence-corrected chi connectivity index (χ4v) is 8.37. The van der Waals surface area contributed by atoms with Crippen LogP contribution in [0.3, 0.4) is 0 Å². The van der Waals surface area contributed by atoms with E-state index in [1.165, 1.54) is 148 Å². The van der Waals surface area contributed by atoms with Crippen LogP contribution in [0.2, 0.25) is 0 Å². The van der Waals surface area contributed by atoms with Crippen LogP contribution >= 0.6 is 0 Å². The summed E-state index contributed by atoms with van der Waals surface area (Å²) in [6, 6.07) is 0. The molecule has 1 fully saturated rings. The van der Waals surface area contributed by atoms with Crippen molar-refractivity contribution in [1.29, 1.82) is 0 Å². The number of ether oxygens (including phenoxy) is 4. The Hall–Kier alpha value is -1.35. The van der Waals surface area contributed by atoms with Crippen LogP contribution in [-0.4, -0.2) is 96.0 Å². The highest BCUT2D eigenvalue weighted by atomic mass is 32.2. The molecular formula is C46H88O12S. The van der Waals surface area contributed by atoms with Crippen molar-refractivity contribution in [3.8, 4) is 0 Å². The first-order valence-electron chi connectivity index (χ1n) is 24.1. The molecule has 1 heterocycles. The highest BCUT2D eigenvalue weighted by molar-refractivity contribution is 7.85. The zero-order valence-electron chi connectivity index (χ0n) is 37.4. The van der Waals surface area contributed by atoms with Crippen molar-refractivity contribution < 1.29 is 56.8 Å². The van der Waals surface area contributed by atoms with Gasteiger partial charge in [-0.1, -0.05) is 200 Å². The summed E-state index contributed by atoms with van der Waals surface area (Å²) in [6.45, 7) is 3.79. The first-order chi connectivity index (χ1) is 28.5. The van der Waals surface area contributed by atoms with Gasteiger partial charge in [-0.05, 0) is 12.8 Å². The molecule has 2 unspecified atom stereocenters. The van der Waals surface area contributed by atoms with Gasteiger partial charge in [0.05, 0.1) is 6.61 Å². The van der Waals surface area contributed by atoms with Crippen LogP contribution in [0.5, 0.6) is 0 Å². The quantitative estimate of drug-likeness (QED) is 0.0259. The molecule has 59 heavy (non-hydrogen) atoms. The normalized spacial score (nSPS) is 20.1. The first-order valence-corrected chi connectivity index (χ1v) is 25.7. The lowest BCUT2D eigenvalue weighted by atomic mass is 10.00. The van der Waals surface area contributed by atoms with Crippen molar-refractivity contribution >= 4 is 22.1 Å². The van der Waals surface area contributed by atoms with Crippen molar-refractivity contribution in [2.75, 3.05) is 19.0 Å². The summed E-state index contributed by atoms with van der Waals surface area (Å²) in [4.78, 5) is 25.4. The average Bonchev–Trinajstić information content (AvgIpc) is 3.20. The molecule has 0 aromatic rings. The third-order valence-corrected chi connectivity index (χ3v) is 12.2. The van der Waals surface area contributed by atoms with Crippen molar-refractivity contribution in [2.45, 2.75) is 263 Å². The molecule has 1 aliphatic heterocycles. The van der Waals surface area contributed by atoms with Crippen molar-refractivity contribution in [2.24, 2.45) is 0 Å². The van der Waals surface area contributed by atoms with Crippen LogP contribution in [0.25, 0.3) is 0 Å². The molecule has 12 nitrogen and oxygen atoms in total. The summed E-state index contributed by atoms with van der Waals surface area (Å²) in [5, 5.41) is 30.9. The SMILES string of the molecule is CCCCCCCCCCCCCCCCCCCCC(=O)O[C@H](COC(=O)CCCCCCCCCCCCCCC)CO[C@H]1O[C@H](CS(=O)(=O)O)[C@@H](O)C(O)C1O. The number of aliphatic hydroxyl groups is 3. The number of hydrogen-bond donors (Lipinski definition) is 4. The second-order valence-electron chi connectivity index (χ2n) is 17.1. The van der Waals surface area contributed by atoms with E-state index in [0.717, 1.165) is 38.5 Å². The van der Waals surface area contributed by atoms with E-state index >= 15 is 0 Å². The third-order valence-electron chi connectivity index (χ3n) is 11.4. The number of esters is 2. The van der Waals surface area contributed by atoms with E-state index < -0.39 is 71.2 Å². The van der Waals surface area contributed by atoms with Gasteiger partial charge in [-0.25, -0.2) is 0 Å². The zero-order valence-corrected chi connectivity index (χ0v) is 38.2. The molecule has 1 aliphatic rings. The molecule has 1 saturated heterocycles. The highest BCUT2D eigenvalue weighted by Gasteiger charge is 2.46. The van der Waals surface area contributed by atoms with E-state index in [1.807, 2.05) is 0 Å². The number of unbranched alkanes of at least 4 members (excludes halogenated alkanes) is 29. The van der Waals surface area contributed by atoms with Crippen LogP contribution in [0.1, 0.15) is 226 Å². The van der Waals surface area contributed by atoms with E-state index in [0.29, 0.717) is 12.8 Å². The minimum Gasteiger partial charge on any atom is -0.462 e. The lowest BCUT2D eigenvalue weighted by Gasteiger charge is -2.40. The van der Waals surface area contributed by atoms with E-state index in [1.54, 1.807) is 0 Å². The maximum atomic E-state index is 12.8. The van der Waals surface area contributed by atoms with Crippen LogP contribution in [0.15, 0.2) is 0 Å². The second kappa shape index (κ2) is 37.2. The van der Waals surface area contributed by atoms with Crippen molar-refractivity contribution in [3.63, 3.8) is 0 Å². The molecule has 0 radical (unpaired) electrons. The van der Waals surface area contributed by atoms with Gasteiger partial charge in [0, 0.05) is 12.8 Å². The van der Waals surface area contributed by atoms with Crippen LogP contribution < -0.4 is 0 Å². The minimum absolute atomic E-state index is 0.173. The number of aliphatic hydroxyl groups excluding tert-OH is 3. The Kier molecular flexibility index (Phi) is 35.1. The van der Waals surface area contributed by atoms with E-state index in [2.05, 4.69) is 13.8 Å². The molecule has 0 bridgehead atoms. The molecule has 0 aromatic heterocycles. The summed E-state index contributed by atoms with van der Waals surface area (Å²) < 4.78 is 54.1. The van der Waals surface area contributed by atoms with E-state index in [9.17, 15) is 37.9 Å². The maximum Gasteiger partial charge on any atom is 0.306 e. The molecule has 0 amide bonds. The predicted molar refractivity (Wildman–Crippen MR) is 234 cm³/mol. The Morgan fingerprint density at radius 1 is 0.508 bits per heavy atom. The summed E-state index contributed by atoms with van der Waals surface area (Å²) in [5.74, 6) is -1.96. The Morgan fingerprint density at radius 3 is 1.24 bits per heavy atom. The second-order valence-corrected chi connectivity index (χ2v) is 18.6. The fraction of sp³-hybridized carbons (Fsp3) is 0.957. The summed E-state index contributed by atoms with van der Waals surface area (Å²) >= 11 is 0. The summed E-state index contributed by atoms with van der Waals surface area (Å²) in [5.41, 5.74) is 0. The predicted octanol–water partition coefficient (Wildman–Crippen LogP) is 10.1. The summed E-state index contributed by atoms with van der Waals surface area (Å²) in [6.07, 6.45) is 28.6. The van der Waals surface area contributed by atoms with Crippen LogP contribution in [-0.2, 0) is 38.7 Å². The van der Waals surface area contributed by atoms with Gasteiger partial charge >= 0.3 is 11.9 Å². The number of rotatable bonds is 41. The van der Waals surface area contributed by atoms with Gasteiger partial charge in [-0.15, -0.1) is 0 Å². The Balaban J connectivity index is 2.39. The lowest BCUT2D eigenvalue weighted by Crippen LogP contribution is -2.60. The van der Waals surface area contributed by atoms with Gasteiger partial charge in [0.25, 0.3) is 10.1 Å². The van der Waals surface area contributed by atoms with Gasteiger partial charge in [-0.2, -0.15) is 8.42 Å². The van der Waals surface area contributed by atoms with E-state index in [-0.39, 0.29) is 19.4 Å². The molecular weight excluding hydrogens is 777 g/mol. The molecule has 13 heteroatoms. The largest absolute Gasteiger partial charge is 0.462 e. The lowest BCUT2D eigenvalue weighted by molar-refractivity contribution is -0.297. The van der Waals surface area contributed by atoms with Gasteiger partial charge in [0.15, 0.2) is 12.4 Å². The van der Waals surface area contributed by atoms with Crippen LogP contribution in [0, 0.1) is 0 Å².